The summed E-state index contributed by atoms with van der Waals surface area (Å²) in [7, 11) is 0. The van der Waals surface area contributed by atoms with E-state index in [1.165, 1.54) is 0 Å². The smallest absolute Gasteiger partial charge is 0.260 e. The molecule has 1 N–H and O–H groups in total. The summed E-state index contributed by atoms with van der Waals surface area (Å²) in [6.07, 6.45) is -0.507. The van der Waals surface area contributed by atoms with Crippen LogP contribution in [0.25, 0.3) is 10.8 Å². The lowest BCUT2D eigenvalue weighted by Crippen LogP contribution is -2.43. The molecule has 3 heteroatoms. The van der Waals surface area contributed by atoms with Gasteiger partial charge in [-0.25, -0.2) is 0 Å². The third-order valence-electron chi connectivity index (χ3n) is 3.77. The Morgan fingerprint density at radius 2 is 1.67 bits per heavy atom. The van der Waals surface area contributed by atoms with Crippen molar-refractivity contribution in [2.75, 3.05) is 0 Å². The first-order valence-electron chi connectivity index (χ1n) is 7.43. The number of hydrogen-bond acceptors (Lipinski definition) is 2. The number of fused-ring (bicyclic) bond motifs is 1. The Bertz CT molecular complexity index is 621. The molecule has 0 radical (unpaired) electrons. The number of hydrogen-bond donors (Lipinski definition) is 1. The molecule has 3 nitrogen and oxygen atoms in total. The van der Waals surface area contributed by atoms with E-state index in [9.17, 15) is 4.79 Å². The van der Waals surface area contributed by atoms with Crippen LogP contribution in [0.3, 0.4) is 0 Å². The minimum absolute atomic E-state index is 0.0793. The Hall–Kier alpha value is -2.03. The van der Waals surface area contributed by atoms with Gasteiger partial charge in [-0.2, -0.15) is 0 Å². The van der Waals surface area contributed by atoms with Crippen LogP contribution in [-0.4, -0.2) is 18.1 Å². The average Bonchev–Trinajstić information content (AvgIpc) is 2.46. The summed E-state index contributed by atoms with van der Waals surface area (Å²) in [5.41, 5.74) is 0. The zero-order valence-corrected chi connectivity index (χ0v) is 13.1. The van der Waals surface area contributed by atoms with Gasteiger partial charge in [-0.3, -0.25) is 4.79 Å². The standard InChI is InChI=1S/C18H23NO2/c1-12(2)13(3)19-18(20)14(4)21-17-10-9-15-7-5-6-8-16(15)11-17/h5-14H,1-4H3,(H,19,20). The third kappa shape index (κ3) is 3.97. The molecule has 0 aromatic heterocycles. The quantitative estimate of drug-likeness (QED) is 0.908. The van der Waals surface area contributed by atoms with Crippen molar-refractivity contribution in [3.63, 3.8) is 0 Å². The molecule has 0 saturated carbocycles. The van der Waals surface area contributed by atoms with E-state index in [0.717, 1.165) is 10.8 Å². The molecule has 2 aromatic carbocycles. The summed E-state index contributed by atoms with van der Waals surface area (Å²) in [4.78, 5) is 12.1. The maximum atomic E-state index is 12.1. The summed E-state index contributed by atoms with van der Waals surface area (Å²) >= 11 is 0. The third-order valence-corrected chi connectivity index (χ3v) is 3.77. The zero-order valence-electron chi connectivity index (χ0n) is 13.1. The molecule has 1 amide bonds. The monoisotopic (exact) mass is 285 g/mol. The molecule has 112 valence electrons. The molecule has 0 aliphatic carbocycles. The molecule has 0 fully saturated rings. The summed E-state index contributed by atoms with van der Waals surface area (Å²) in [5, 5.41) is 5.24. The van der Waals surface area contributed by atoms with Crippen LogP contribution in [0.1, 0.15) is 27.7 Å². The van der Waals surface area contributed by atoms with Crippen LogP contribution in [0.15, 0.2) is 42.5 Å². The largest absolute Gasteiger partial charge is 0.481 e. The van der Waals surface area contributed by atoms with Crippen molar-refractivity contribution >= 4 is 16.7 Å². The Balaban J connectivity index is 2.03. The van der Waals surface area contributed by atoms with E-state index < -0.39 is 6.10 Å². The molecule has 0 aliphatic rings. The van der Waals surface area contributed by atoms with Crippen molar-refractivity contribution in [3.05, 3.63) is 42.5 Å². The van der Waals surface area contributed by atoms with Gasteiger partial charge in [-0.15, -0.1) is 0 Å². The van der Waals surface area contributed by atoms with E-state index >= 15 is 0 Å². The Kier molecular flexibility index (Phi) is 4.84. The fraction of sp³-hybridized carbons (Fsp3) is 0.389. The second-order valence-corrected chi connectivity index (χ2v) is 5.81. The second kappa shape index (κ2) is 6.61. The summed E-state index contributed by atoms with van der Waals surface area (Å²) in [5.74, 6) is 1.04. The van der Waals surface area contributed by atoms with Crippen molar-refractivity contribution in [1.29, 1.82) is 0 Å². The highest BCUT2D eigenvalue weighted by molar-refractivity contribution is 5.84. The number of carbonyl (C=O) groups excluding carboxylic acids is 1. The molecule has 0 aliphatic heterocycles. The van der Waals surface area contributed by atoms with Gasteiger partial charge in [0.2, 0.25) is 0 Å². The highest BCUT2D eigenvalue weighted by atomic mass is 16.5. The number of nitrogens with one attached hydrogen (secondary N) is 1. The number of ether oxygens (including phenoxy) is 1. The van der Waals surface area contributed by atoms with Gasteiger partial charge >= 0.3 is 0 Å². The highest BCUT2D eigenvalue weighted by Gasteiger charge is 2.18. The molecule has 2 aromatic rings. The Morgan fingerprint density at radius 3 is 2.33 bits per heavy atom. The molecule has 0 bridgehead atoms. The van der Waals surface area contributed by atoms with Crippen LogP contribution < -0.4 is 10.1 Å². The zero-order chi connectivity index (χ0) is 15.4. The van der Waals surface area contributed by atoms with Gasteiger partial charge in [0.25, 0.3) is 5.91 Å². The van der Waals surface area contributed by atoms with E-state index in [2.05, 4.69) is 25.2 Å². The first-order chi connectivity index (χ1) is 9.97. The van der Waals surface area contributed by atoms with Crippen LogP contribution in [-0.2, 0) is 4.79 Å². The van der Waals surface area contributed by atoms with Gasteiger partial charge in [0.1, 0.15) is 5.75 Å². The molecule has 0 heterocycles. The van der Waals surface area contributed by atoms with Crippen molar-refractivity contribution in [2.24, 2.45) is 5.92 Å². The van der Waals surface area contributed by atoms with Gasteiger partial charge in [0.15, 0.2) is 6.10 Å². The normalized spacial score (nSPS) is 14.0. The lowest BCUT2D eigenvalue weighted by atomic mass is 10.1. The van der Waals surface area contributed by atoms with Gasteiger partial charge in [0.05, 0.1) is 0 Å². The summed E-state index contributed by atoms with van der Waals surface area (Å²) in [6, 6.07) is 14.1. The maximum absolute atomic E-state index is 12.1. The van der Waals surface area contributed by atoms with Gasteiger partial charge in [-0.1, -0.05) is 44.2 Å². The first kappa shape index (κ1) is 15.4. The maximum Gasteiger partial charge on any atom is 0.260 e. The van der Waals surface area contributed by atoms with Crippen molar-refractivity contribution < 1.29 is 9.53 Å². The predicted octanol–water partition coefficient (Wildman–Crippen LogP) is 3.77. The SMILES string of the molecule is CC(Oc1ccc2ccccc2c1)C(=O)NC(C)C(C)C. The van der Waals surface area contributed by atoms with Crippen LogP contribution >= 0.6 is 0 Å². The number of carbonyl (C=O) groups is 1. The minimum atomic E-state index is -0.507. The topological polar surface area (TPSA) is 38.3 Å². The predicted molar refractivity (Wildman–Crippen MR) is 86.5 cm³/mol. The summed E-state index contributed by atoms with van der Waals surface area (Å²) < 4.78 is 5.75. The van der Waals surface area contributed by atoms with Crippen molar-refractivity contribution in [1.82, 2.24) is 5.32 Å². The van der Waals surface area contributed by atoms with E-state index in [1.54, 1.807) is 6.92 Å². The van der Waals surface area contributed by atoms with Crippen LogP contribution in [0, 0.1) is 5.92 Å². The second-order valence-electron chi connectivity index (χ2n) is 5.81. The van der Waals surface area contributed by atoms with E-state index in [4.69, 9.17) is 4.74 Å². The molecule has 2 atom stereocenters. The minimum Gasteiger partial charge on any atom is -0.481 e. The molecule has 21 heavy (non-hydrogen) atoms. The average molecular weight is 285 g/mol. The summed E-state index contributed by atoms with van der Waals surface area (Å²) in [6.45, 7) is 7.95. The van der Waals surface area contributed by atoms with Crippen LogP contribution in [0.5, 0.6) is 5.75 Å². The van der Waals surface area contributed by atoms with Crippen molar-refractivity contribution in [2.45, 2.75) is 39.8 Å². The van der Waals surface area contributed by atoms with E-state index in [1.807, 2.05) is 43.3 Å². The van der Waals surface area contributed by atoms with Gasteiger partial charge in [0, 0.05) is 6.04 Å². The number of benzene rings is 2. The lowest BCUT2D eigenvalue weighted by molar-refractivity contribution is -0.128. The van der Waals surface area contributed by atoms with Crippen LogP contribution in [0.2, 0.25) is 0 Å². The van der Waals surface area contributed by atoms with Crippen molar-refractivity contribution in [3.8, 4) is 5.75 Å². The molecular weight excluding hydrogens is 262 g/mol. The van der Waals surface area contributed by atoms with Gasteiger partial charge < -0.3 is 10.1 Å². The van der Waals surface area contributed by atoms with E-state index in [-0.39, 0.29) is 11.9 Å². The fourth-order valence-electron chi connectivity index (χ4n) is 2.01. The molecule has 2 rings (SSSR count). The molecule has 0 saturated heterocycles. The first-order valence-corrected chi connectivity index (χ1v) is 7.43. The molecular formula is C18H23NO2. The highest BCUT2D eigenvalue weighted by Crippen LogP contribution is 2.21. The molecule has 0 spiro atoms. The lowest BCUT2D eigenvalue weighted by Gasteiger charge is -2.21. The fourth-order valence-corrected chi connectivity index (χ4v) is 2.01. The van der Waals surface area contributed by atoms with E-state index in [0.29, 0.717) is 11.7 Å². The Morgan fingerprint density at radius 1 is 1.00 bits per heavy atom. The Labute approximate surface area is 126 Å². The number of amides is 1. The van der Waals surface area contributed by atoms with Gasteiger partial charge in [-0.05, 0) is 42.7 Å². The number of rotatable bonds is 5. The van der Waals surface area contributed by atoms with Crippen LogP contribution in [0.4, 0.5) is 0 Å². The molecule has 2 unspecified atom stereocenters.